The molecule has 0 aromatic carbocycles. The van der Waals surface area contributed by atoms with E-state index in [1.807, 2.05) is 24.9 Å². The van der Waals surface area contributed by atoms with Crippen LogP contribution in [0.25, 0.3) is 11.5 Å². The molecule has 1 aliphatic rings. The predicted octanol–water partition coefficient (Wildman–Crippen LogP) is 0.113. The van der Waals surface area contributed by atoms with Crippen LogP contribution in [0, 0.1) is 0 Å². The van der Waals surface area contributed by atoms with Gasteiger partial charge in [0.15, 0.2) is 12.1 Å². The molecular weight excluding hydrogens is 270 g/mol. The average molecular weight is 289 g/mol. The number of rotatable bonds is 4. The Kier molecular flexibility index (Phi) is 3.60. The summed E-state index contributed by atoms with van der Waals surface area (Å²) in [6, 6.07) is 0. The van der Waals surface area contributed by atoms with Gasteiger partial charge >= 0.3 is 0 Å². The van der Waals surface area contributed by atoms with Crippen LogP contribution in [0.5, 0.6) is 0 Å². The summed E-state index contributed by atoms with van der Waals surface area (Å²) in [6.45, 7) is 0.116. The van der Waals surface area contributed by atoms with Gasteiger partial charge in [0.25, 0.3) is 0 Å². The monoisotopic (exact) mass is 289 g/mol. The largest absolute Gasteiger partial charge is 0.367 e. The highest BCUT2D eigenvalue weighted by molar-refractivity contribution is 5.58. The van der Waals surface area contributed by atoms with Gasteiger partial charge in [0.1, 0.15) is 11.5 Å². The van der Waals surface area contributed by atoms with Gasteiger partial charge in [0.2, 0.25) is 0 Å². The second-order valence-electron chi connectivity index (χ2n) is 5.44. The lowest BCUT2D eigenvalue weighted by Gasteiger charge is -2.22. The topological polar surface area (TPSA) is 87.3 Å². The number of fused-ring (bicyclic) bond motifs is 1. The van der Waals surface area contributed by atoms with Gasteiger partial charge < -0.3 is 19.7 Å². The van der Waals surface area contributed by atoms with Crippen molar-refractivity contribution in [2.45, 2.75) is 25.6 Å². The number of aryl methyl sites for hydroxylation is 2. The number of nitrogens with zero attached hydrogens (tertiary/aromatic N) is 5. The molecule has 0 saturated heterocycles. The first-order chi connectivity index (χ1) is 10.0. The molecule has 2 heterocycles. The second-order valence-corrected chi connectivity index (χ2v) is 5.44. The van der Waals surface area contributed by atoms with Crippen molar-refractivity contribution in [3.8, 4) is 11.5 Å². The fourth-order valence-corrected chi connectivity index (χ4v) is 2.70. The Hall–Kier alpha value is -1.99. The molecule has 0 aliphatic heterocycles. The maximum atomic E-state index is 9.18. The molecule has 1 aliphatic carbocycles. The molecule has 0 fully saturated rings. The van der Waals surface area contributed by atoms with Crippen LogP contribution in [0.15, 0.2) is 12.5 Å². The Labute approximate surface area is 122 Å². The zero-order chi connectivity index (χ0) is 15.0. The molecule has 0 amide bonds. The van der Waals surface area contributed by atoms with Gasteiger partial charge in [0.05, 0.1) is 12.9 Å². The Morgan fingerprint density at radius 3 is 2.81 bits per heavy atom. The Bertz CT molecular complexity index is 653. The highest BCUT2D eigenvalue weighted by atomic mass is 16.5. The summed E-state index contributed by atoms with van der Waals surface area (Å²) in [6.07, 6.45) is 5.12. The molecule has 21 heavy (non-hydrogen) atoms. The predicted molar refractivity (Wildman–Crippen MR) is 77.8 cm³/mol. The smallest absolute Gasteiger partial charge is 0.182 e. The molecule has 0 bridgehead atoms. The first kappa shape index (κ1) is 14.0. The Balaban J connectivity index is 2.04. The number of aliphatic hydroxyl groups is 2. The van der Waals surface area contributed by atoms with E-state index in [4.69, 9.17) is 0 Å². The van der Waals surface area contributed by atoms with Crippen molar-refractivity contribution in [1.82, 2.24) is 19.5 Å². The van der Waals surface area contributed by atoms with Crippen molar-refractivity contribution < 1.29 is 10.2 Å². The summed E-state index contributed by atoms with van der Waals surface area (Å²) < 4.78 is 1.85. The van der Waals surface area contributed by atoms with Crippen molar-refractivity contribution in [3.63, 3.8) is 0 Å². The zero-order valence-electron chi connectivity index (χ0n) is 12.2. The fraction of sp³-hybridized carbons (Fsp3) is 0.500. The van der Waals surface area contributed by atoms with E-state index < -0.39 is 6.29 Å². The third-order valence-corrected chi connectivity index (χ3v) is 3.64. The summed E-state index contributed by atoms with van der Waals surface area (Å²) in [5.74, 6) is 1.36. The summed E-state index contributed by atoms with van der Waals surface area (Å²) in [4.78, 5) is 15.3. The Morgan fingerprint density at radius 2 is 2.14 bits per heavy atom. The van der Waals surface area contributed by atoms with Crippen LogP contribution in [-0.2, 0) is 19.9 Å². The minimum atomic E-state index is -1.39. The molecule has 2 aromatic heterocycles. The molecule has 2 aromatic rings. The van der Waals surface area contributed by atoms with E-state index in [0.29, 0.717) is 5.82 Å². The number of anilines is 1. The molecule has 7 nitrogen and oxygen atoms in total. The van der Waals surface area contributed by atoms with E-state index in [1.165, 1.54) is 0 Å². The maximum Gasteiger partial charge on any atom is 0.182 e. The summed E-state index contributed by atoms with van der Waals surface area (Å²) in [5, 5.41) is 18.4. The minimum absolute atomic E-state index is 0.116. The third-order valence-electron chi connectivity index (χ3n) is 3.64. The van der Waals surface area contributed by atoms with E-state index in [2.05, 4.69) is 15.0 Å². The minimum Gasteiger partial charge on any atom is -0.367 e. The van der Waals surface area contributed by atoms with Gasteiger partial charge in [-0.1, -0.05) is 0 Å². The normalized spacial score (nSPS) is 13.8. The van der Waals surface area contributed by atoms with E-state index in [9.17, 15) is 10.2 Å². The van der Waals surface area contributed by atoms with Gasteiger partial charge in [-0.05, 0) is 19.3 Å². The van der Waals surface area contributed by atoms with Crippen molar-refractivity contribution in [3.05, 3.63) is 23.8 Å². The third kappa shape index (κ3) is 2.74. The quantitative estimate of drug-likeness (QED) is 0.777. The zero-order valence-corrected chi connectivity index (χ0v) is 12.2. The lowest BCUT2D eigenvalue weighted by Crippen LogP contribution is -2.30. The summed E-state index contributed by atoms with van der Waals surface area (Å²) in [7, 11) is 3.71. The highest BCUT2D eigenvalue weighted by Gasteiger charge is 2.23. The standard InChI is InChI=1S/C14H19N5O2/c1-18-6-11(15-8-18)13-16-10-5-3-4-9(10)14(17-13)19(2)7-12(20)21/h6,8,12,20-21H,3-5,7H2,1-2H3. The van der Waals surface area contributed by atoms with E-state index in [-0.39, 0.29) is 6.54 Å². The van der Waals surface area contributed by atoms with Gasteiger partial charge in [-0.2, -0.15) is 0 Å². The van der Waals surface area contributed by atoms with Gasteiger partial charge in [-0.15, -0.1) is 0 Å². The van der Waals surface area contributed by atoms with Crippen LogP contribution in [-0.4, -0.2) is 49.6 Å². The van der Waals surface area contributed by atoms with Gasteiger partial charge in [0, 0.05) is 31.5 Å². The SMILES string of the molecule is CN(CC(O)O)c1nc(-c2cn(C)cn2)nc2c1CCC2. The van der Waals surface area contributed by atoms with Crippen LogP contribution in [0.4, 0.5) is 5.82 Å². The van der Waals surface area contributed by atoms with E-state index in [0.717, 1.165) is 42.0 Å². The first-order valence-electron chi connectivity index (χ1n) is 7.00. The number of likely N-dealkylation sites (N-methyl/N-ethyl adjacent to an activating group) is 1. The van der Waals surface area contributed by atoms with Crippen LogP contribution < -0.4 is 4.90 Å². The molecule has 0 saturated carbocycles. The van der Waals surface area contributed by atoms with Crippen LogP contribution >= 0.6 is 0 Å². The molecule has 0 spiro atoms. The van der Waals surface area contributed by atoms with Crippen molar-refractivity contribution in [2.24, 2.45) is 7.05 Å². The average Bonchev–Trinajstić information content (AvgIpc) is 3.04. The number of hydrogen-bond donors (Lipinski definition) is 2. The fourth-order valence-electron chi connectivity index (χ4n) is 2.70. The molecule has 7 heteroatoms. The van der Waals surface area contributed by atoms with Crippen molar-refractivity contribution in [2.75, 3.05) is 18.5 Å². The van der Waals surface area contributed by atoms with Crippen molar-refractivity contribution >= 4 is 5.82 Å². The molecule has 0 unspecified atom stereocenters. The van der Waals surface area contributed by atoms with Gasteiger partial charge in [-0.3, -0.25) is 0 Å². The molecule has 0 radical (unpaired) electrons. The summed E-state index contributed by atoms with van der Waals surface area (Å²) >= 11 is 0. The number of aromatic nitrogens is 4. The van der Waals surface area contributed by atoms with Crippen LogP contribution in [0.1, 0.15) is 17.7 Å². The highest BCUT2D eigenvalue weighted by Crippen LogP contribution is 2.30. The summed E-state index contributed by atoms with van der Waals surface area (Å²) in [5.41, 5.74) is 2.88. The Morgan fingerprint density at radius 1 is 1.33 bits per heavy atom. The lowest BCUT2D eigenvalue weighted by molar-refractivity contribution is -0.0315. The lowest BCUT2D eigenvalue weighted by atomic mass is 10.2. The van der Waals surface area contributed by atoms with Crippen LogP contribution in [0.2, 0.25) is 0 Å². The molecule has 112 valence electrons. The molecule has 0 atom stereocenters. The maximum absolute atomic E-state index is 9.18. The molecule has 2 N–H and O–H groups in total. The number of hydrogen-bond acceptors (Lipinski definition) is 6. The van der Waals surface area contributed by atoms with E-state index >= 15 is 0 Å². The number of imidazole rings is 1. The van der Waals surface area contributed by atoms with Gasteiger partial charge in [-0.25, -0.2) is 15.0 Å². The molecular formula is C14H19N5O2. The van der Waals surface area contributed by atoms with E-state index in [1.54, 1.807) is 11.2 Å². The molecule has 3 rings (SSSR count). The van der Waals surface area contributed by atoms with Crippen molar-refractivity contribution in [1.29, 1.82) is 0 Å². The number of aliphatic hydroxyl groups excluding tert-OH is 1. The second kappa shape index (κ2) is 5.42. The van der Waals surface area contributed by atoms with Crippen LogP contribution in [0.3, 0.4) is 0 Å². The first-order valence-corrected chi connectivity index (χ1v) is 7.00.